The van der Waals surface area contributed by atoms with Crippen molar-refractivity contribution in [2.75, 3.05) is 6.61 Å². The molecule has 1 aliphatic rings. The lowest BCUT2D eigenvalue weighted by molar-refractivity contribution is -0.169. The number of benzene rings is 2. The van der Waals surface area contributed by atoms with Gasteiger partial charge >= 0.3 is 18.2 Å². The van der Waals surface area contributed by atoms with E-state index in [-0.39, 0.29) is 18.9 Å². The number of alkyl halides is 3. The monoisotopic (exact) mass is 450 g/mol. The van der Waals surface area contributed by atoms with E-state index < -0.39 is 36.2 Å². The second kappa shape index (κ2) is 9.29. The Hall–Kier alpha value is -3.56. The molecule has 0 radical (unpaired) electrons. The molecule has 10 heteroatoms. The Morgan fingerprint density at radius 2 is 1.53 bits per heavy atom. The summed E-state index contributed by atoms with van der Waals surface area (Å²) >= 11 is 0. The summed E-state index contributed by atoms with van der Waals surface area (Å²) < 4.78 is 45.1. The number of nitrogens with one attached hydrogen (secondary N) is 2. The lowest BCUT2D eigenvalue weighted by Gasteiger charge is -2.23. The molecule has 0 heterocycles. The molecule has 0 bridgehead atoms. The molecule has 0 aliphatic heterocycles. The van der Waals surface area contributed by atoms with Crippen LogP contribution in [0.15, 0.2) is 48.5 Å². The number of halogens is 3. The first-order chi connectivity index (χ1) is 15.1. The third kappa shape index (κ3) is 4.84. The molecule has 170 valence electrons. The van der Waals surface area contributed by atoms with E-state index in [0.29, 0.717) is 0 Å². The van der Waals surface area contributed by atoms with Crippen LogP contribution in [0.4, 0.5) is 18.0 Å². The highest BCUT2D eigenvalue weighted by Gasteiger charge is 2.47. The van der Waals surface area contributed by atoms with E-state index in [2.05, 4.69) is 0 Å². The normalized spacial score (nSPS) is 14.6. The summed E-state index contributed by atoms with van der Waals surface area (Å²) in [6.45, 7) is 1.15. The molecular formula is C22H21F3N2O5. The molecule has 0 saturated carbocycles. The number of ether oxygens (including phenoxy) is 1. The summed E-state index contributed by atoms with van der Waals surface area (Å²) in [7, 11) is 0. The lowest BCUT2D eigenvalue weighted by Crippen LogP contribution is -2.57. The van der Waals surface area contributed by atoms with Gasteiger partial charge in [-0.15, -0.1) is 0 Å². The zero-order chi connectivity index (χ0) is 23.5. The van der Waals surface area contributed by atoms with Crippen molar-refractivity contribution < 1.29 is 37.4 Å². The molecule has 2 atom stereocenters. The topological polar surface area (TPSA) is 105 Å². The van der Waals surface area contributed by atoms with Crippen LogP contribution in [-0.4, -0.2) is 47.9 Å². The quantitative estimate of drug-likeness (QED) is 0.600. The van der Waals surface area contributed by atoms with Gasteiger partial charge in [-0.3, -0.25) is 4.79 Å². The second-order valence-corrected chi connectivity index (χ2v) is 7.25. The molecule has 0 aromatic heterocycles. The summed E-state index contributed by atoms with van der Waals surface area (Å²) in [5.74, 6) is -3.54. The largest absolute Gasteiger partial charge is 0.480 e. The third-order valence-corrected chi connectivity index (χ3v) is 5.22. The van der Waals surface area contributed by atoms with Gasteiger partial charge in [-0.2, -0.15) is 13.2 Å². The third-order valence-electron chi connectivity index (χ3n) is 5.22. The Morgan fingerprint density at radius 3 is 2.00 bits per heavy atom. The minimum Gasteiger partial charge on any atom is -0.480 e. The molecule has 3 rings (SSSR count). The van der Waals surface area contributed by atoms with Crippen LogP contribution in [0.3, 0.4) is 0 Å². The van der Waals surface area contributed by atoms with Crippen molar-refractivity contribution in [3.63, 3.8) is 0 Å². The van der Waals surface area contributed by atoms with Crippen LogP contribution in [0.25, 0.3) is 11.1 Å². The number of hydrogen-bond donors (Lipinski definition) is 3. The first-order valence-electron chi connectivity index (χ1n) is 9.84. The van der Waals surface area contributed by atoms with E-state index >= 15 is 0 Å². The lowest BCUT2D eigenvalue weighted by atomic mass is 9.98. The average Bonchev–Trinajstić information content (AvgIpc) is 3.07. The fraction of sp³-hybridized carbons (Fsp3) is 0.318. The van der Waals surface area contributed by atoms with Crippen LogP contribution in [0.5, 0.6) is 0 Å². The molecule has 2 aromatic rings. The number of rotatable bonds is 7. The Morgan fingerprint density at radius 1 is 1.00 bits per heavy atom. The summed E-state index contributed by atoms with van der Waals surface area (Å²) in [4.78, 5) is 35.2. The maximum atomic E-state index is 13.3. The van der Waals surface area contributed by atoms with Crippen molar-refractivity contribution in [1.29, 1.82) is 0 Å². The maximum Gasteiger partial charge on any atom is 0.417 e. The molecule has 2 amide bonds. The van der Waals surface area contributed by atoms with Gasteiger partial charge < -0.3 is 20.5 Å². The maximum absolute atomic E-state index is 13.3. The molecule has 2 aromatic carbocycles. The van der Waals surface area contributed by atoms with Crippen LogP contribution in [0.2, 0.25) is 0 Å². The number of fused-ring (bicyclic) bond motifs is 3. The number of carbonyl (C=O) groups excluding carboxylic acids is 2. The van der Waals surface area contributed by atoms with E-state index in [4.69, 9.17) is 9.84 Å². The van der Waals surface area contributed by atoms with Gasteiger partial charge in [0.25, 0.3) is 5.91 Å². The van der Waals surface area contributed by atoms with Gasteiger partial charge in [0.05, 0.1) is 0 Å². The van der Waals surface area contributed by atoms with Crippen LogP contribution in [-0.2, 0) is 14.3 Å². The summed E-state index contributed by atoms with van der Waals surface area (Å²) in [5, 5.41) is 12.2. The van der Waals surface area contributed by atoms with Crippen LogP contribution in [0, 0.1) is 0 Å². The predicted octanol–water partition coefficient (Wildman–Crippen LogP) is 3.44. The summed E-state index contributed by atoms with van der Waals surface area (Å²) in [6.07, 6.45) is -6.71. The highest BCUT2D eigenvalue weighted by Crippen LogP contribution is 2.44. The van der Waals surface area contributed by atoms with E-state index in [1.807, 2.05) is 48.5 Å². The van der Waals surface area contributed by atoms with Gasteiger partial charge in [-0.25, -0.2) is 9.59 Å². The van der Waals surface area contributed by atoms with Gasteiger partial charge in [-0.05, 0) is 28.7 Å². The number of alkyl carbamates (subject to hydrolysis) is 1. The number of carboxylic acids is 1. The first kappa shape index (κ1) is 23.1. The number of carboxylic acid groups (broad SMARTS) is 1. The average molecular weight is 450 g/mol. The highest BCUT2D eigenvalue weighted by molar-refractivity contribution is 5.90. The van der Waals surface area contributed by atoms with Crippen LogP contribution in [0.1, 0.15) is 30.4 Å². The zero-order valence-electron chi connectivity index (χ0n) is 17.0. The van der Waals surface area contributed by atoms with Crippen molar-refractivity contribution in [2.45, 2.75) is 37.5 Å². The SMILES string of the molecule is CCC(NC(=O)C(NC(=O)OCC1c2ccccc2-c2ccccc21)C(F)(F)F)C(=O)O. The second-order valence-electron chi connectivity index (χ2n) is 7.25. The Kier molecular flexibility index (Phi) is 6.71. The van der Waals surface area contributed by atoms with Crippen molar-refractivity contribution in [2.24, 2.45) is 0 Å². The van der Waals surface area contributed by atoms with Gasteiger partial charge in [0.15, 0.2) is 0 Å². The van der Waals surface area contributed by atoms with Gasteiger partial charge in [0.1, 0.15) is 12.6 Å². The molecule has 0 spiro atoms. The highest BCUT2D eigenvalue weighted by atomic mass is 19.4. The van der Waals surface area contributed by atoms with Crippen molar-refractivity contribution in [1.82, 2.24) is 10.6 Å². The fourth-order valence-corrected chi connectivity index (χ4v) is 3.65. The van der Waals surface area contributed by atoms with Crippen molar-refractivity contribution >= 4 is 18.0 Å². The zero-order valence-corrected chi connectivity index (χ0v) is 17.0. The number of hydrogen-bond acceptors (Lipinski definition) is 4. The van der Waals surface area contributed by atoms with E-state index in [0.717, 1.165) is 22.3 Å². The van der Waals surface area contributed by atoms with Gasteiger partial charge in [-0.1, -0.05) is 55.5 Å². The first-order valence-corrected chi connectivity index (χ1v) is 9.84. The van der Waals surface area contributed by atoms with Crippen molar-refractivity contribution in [3.05, 3.63) is 59.7 Å². The number of aliphatic carboxylic acids is 1. The fourth-order valence-electron chi connectivity index (χ4n) is 3.65. The summed E-state index contributed by atoms with van der Waals surface area (Å²) in [5.41, 5.74) is 3.64. The Labute approximate surface area is 181 Å². The van der Waals surface area contributed by atoms with Crippen molar-refractivity contribution in [3.8, 4) is 11.1 Å². The van der Waals surface area contributed by atoms with Gasteiger partial charge in [0.2, 0.25) is 6.04 Å². The molecule has 0 fully saturated rings. The molecule has 3 N–H and O–H groups in total. The number of amides is 2. The van der Waals surface area contributed by atoms with E-state index in [1.54, 1.807) is 5.32 Å². The van der Waals surface area contributed by atoms with Crippen LogP contribution < -0.4 is 10.6 Å². The minimum atomic E-state index is -5.15. The molecule has 0 saturated heterocycles. The predicted molar refractivity (Wildman–Crippen MR) is 108 cm³/mol. The Balaban J connectivity index is 1.70. The molecule has 2 unspecified atom stereocenters. The van der Waals surface area contributed by atoms with E-state index in [1.165, 1.54) is 12.2 Å². The van der Waals surface area contributed by atoms with Gasteiger partial charge in [0, 0.05) is 5.92 Å². The standard InChI is InChI=1S/C22H21F3N2O5/c1-2-17(20(29)30)26-19(28)18(22(23,24)25)27-21(31)32-11-16-14-9-5-3-7-12(14)13-8-4-6-10-15(13)16/h3-10,16-18H,2,11H2,1H3,(H,26,28)(H,27,31)(H,29,30). The summed E-state index contributed by atoms with van der Waals surface area (Å²) in [6, 6.07) is 10.4. The smallest absolute Gasteiger partial charge is 0.417 e. The molecule has 7 nitrogen and oxygen atoms in total. The molecular weight excluding hydrogens is 429 g/mol. The molecule has 1 aliphatic carbocycles. The molecule has 32 heavy (non-hydrogen) atoms. The number of carbonyl (C=O) groups is 3. The Bertz CT molecular complexity index is 979. The van der Waals surface area contributed by atoms with E-state index in [9.17, 15) is 27.6 Å². The minimum absolute atomic E-state index is 0.128. The van der Waals surface area contributed by atoms with Crippen LogP contribution >= 0.6 is 0 Å².